The zero-order valence-corrected chi connectivity index (χ0v) is 21.3. The molecular formula is C26H29O15+. The molecule has 2 aromatic carbocycles. The normalized spacial score (nSPS) is 34.0. The quantitative estimate of drug-likeness (QED) is 0.131. The minimum atomic E-state index is -1.92. The van der Waals surface area contributed by atoms with Crippen molar-refractivity contribution in [1.82, 2.24) is 0 Å². The first-order valence-corrected chi connectivity index (χ1v) is 12.4. The number of rotatable bonds is 5. The van der Waals surface area contributed by atoms with Crippen LogP contribution in [0.5, 0.6) is 28.7 Å². The van der Waals surface area contributed by atoms with Gasteiger partial charge in [-0.25, -0.2) is 4.42 Å². The van der Waals surface area contributed by atoms with Crippen LogP contribution >= 0.6 is 0 Å². The van der Waals surface area contributed by atoms with Gasteiger partial charge >= 0.3 is 11.3 Å². The molecule has 2 fully saturated rings. The minimum Gasteiger partial charge on any atom is -0.507 e. The number of phenols is 4. The molecule has 0 saturated carbocycles. The maximum Gasteiger partial charge on any atom is 0.402 e. The van der Waals surface area contributed by atoms with Gasteiger partial charge in [-0.3, -0.25) is 0 Å². The third-order valence-corrected chi connectivity index (χ3v) is 6.90. The maximum atomic E-state index is 10.7. The Morgan fingerprint density at radius 1 is 0.659 bits per heavy atom. The van der Waals surface area contributed by atoms with Crippen molar-refractivity contribution in [1.29, 1.82) is 0 Å². The molecule has 15 nitrogen and oxygen atoms in total. The molecule has 0 bridgehead atoms. The van der Waals surface area contributed by atoms with Gasteiger partial charge in [0.1, 0.15) is 53.5 Å². The number of ether oxygens (including phenoxy) is 4. The van der Waals surface area contributed by atoms with Crippen molar-refractivity contribution >= 4 is 11.0 Å². The summed E-state index contributed by atoms with van der Waals surface area (Å²) in [5.41, 5.74) is 0.122. The highest BCUT2D eigenvalue weighted by Crippen LogP contribution is 2.42. The number of hydrogen-bond donors (Lipinski definition) is 10. The molecular weight excluding hydrogens is 552 g/mol. The van der Waals surface area contributed by atoms with Gasteiger partial charge in [0.15, 0.2) is 24.1 Å². The molecule has 3 heterocycles. The predicted octanol–water partition coefficient (Wildman–Crippen LogP) is -0.809. The van der Waals surface area contributed by atoms with Crippen LogP contribution in [0.2, 0.25) is 0 Å². The van der Waals surface area contributed by atoms with Crippen LogP contribution in [0.25, 0.3) is 22.3 Å². The smallest absolute Gasteiger partial charge is 0.402 e. The summed E-state index contributed by atoms with van der Waals surface area (Å²) < 4.78 is 28.0. The van der Waals surface area contributed by atoms with Gasteiger partial charge in [-0.2, -0.15) is 0 Å². The summed E-state index contributed by atoms with van der Waals surface area (Å²) in [7, 11) is 0. The Hall–Kier alpha value is -3.51. The molecule has 15 heteroatoms. The largest absolute Gasteiger partial charge is 0.507 e. The second-order valence-corrected chi connectivity index (χ2v) is 9.80. The van der Waals surface area contributed by atoms with E-state index in [1.54, 1.807) is 0 Å². The molecule has 1 aromatic heterocycles. The van der Waals surface area contributed by atoms with Gasteiger partial charge in [0.05, 0.1) is 17.7 Å². The van der Waals surface area contributed by atoms with Gasteiger partial charge < -0.3 is 70.0 Å². The fourth-order valence-corrected chi connectivity index (χ4v) is 4.55. The molecule has 5 rings (SSSR count). The summed E-state index contributed by atoms with van der Waals surface area (Å²) >= 11 is 0. The lowest BCUT2D eigenvalue weighted by Gasteiger charge is -2.44. The molecule has 0 spiro atoms. The zero-order valence-electron chi connectivity index (χ0n) is 21.3. The molecule has 10 N–H and O–H groups in total. The van der Waals surface area contributed by atoms with Crippen molar-refractivity contribution < 1.29 is 74.4 Å². The Morgan fingerprint density at radius 3 is 1.98 bits per heavy atom. The predicted molar refractivity (Wildman–Crippen MR) is 133 cm³/mol. The topological polar surface area (TPSA) is 251 Å². The van der Waals surface area contributed by atoms with Crippen LogP contribution in [0, 0.1) is 0 Å². The highest BCUT2D eigenvalue weighted by atomic mass is 16.8. The van der Waals surface area contributed by atoms with Crippen molar-refractivity contribution in [2.24, 2.45) is 0 Å². The van der Waals surface area contributed by atoms with E-state index in [2.05, 4.69) is 0 Å². The molecule has 0 radical (unpaired) electrons. The molecule has 222 valence electrons. The molecule has 0 unspecified atom stereocenters. The fourth-order valence-electron chi connectivity index (χ4n) is 4.55. The Morgan fingerprint density at radius 2 is 1.29 bits per heavy atom. The lowest BCUT2D eigenvalue weighted by molar-refractivity contribution is -0.388. The summed E-state index contributed by atoms with van der Waals surface area (Å²) in [6.07, 6.45) is -16.8. The highest BCUT2D eigenvalue weighted by molar-refractivity contribution is 5.88. The van der Waals surface area contributed by atoms with Gasteiger partial charge in [-0.05, 0) is 19.1 Å². The van der Waals surface area contributed by atoms with E-state index in [-0.39, 0.29) is 33.8 Å². The van der Waals surface area contributed by atoms with E-state index in [1.165, 1.54) is 25.1 Å². The average molecular weight is 582 g/mol. The minimum absolute atomic E-state index is 0.0162. The van der Waals surface area contributed by atoms with Crippen LogP contribution in [0.4, 0.5) is 0 Å². The Kier molecular flexibility index (Phi) is 7.82. The van der Waals surface area contributed by atoms with Crippen LogP contribution in [0.15, 0.2) is 40.8 Å². The van der Waals surface area contributed by atoms with Gasteiger partial charge in [0.25, 0.3) is 0 Å². The summed E-state index contributed by atoms with van der Waals surface area (Å²) in [6.45, 7) is 1.40. The second-order valence-electron chi connectivity index (χ2n) is 9.80. The van der Waals surface area contributed by atoms with E-state index in [1.807, 2.05) is 0 Å². The van der Waals surface area contributed by atoms with Gasteiger partial charge in [-0.1, -0.05) is 0 Å². The number of aliphatic hydroxyl groups excluding tert-OH is 6. The molecule has 3 aromatic rings. The summed E-state index contributed by atoms with van der Waals surface area (Å²) in [5, 5.41) is 102. The van der Waals surface area contributed by atoms with Crippen molar-refractivity contribution in [2.45, 2.75) is 68.5 Å². The first kappa shape index (κ1) is 29.0. The number of benzene rings is 2. The van der Waals surface area contributed by atoms with Gasteiger partial charge in [0, 0.05) is 18.2 Å². The third-order valence-electron chi connectivity index (χ3n) is 6.90. The molecule has 2 saturated heterocycles. The first-order chi connectivity index (χ1) is 19.3. The van der Waals surface area contributed by atoms with Crippen molar-refractivity contribution in [3.05, 3.63) is 36.4 Å². The van der Waals surface area contributed by atoms with Gasteiger partial charge in [-0.15, -0.1) is 0 Å². The van der Waals surface area contributed by atoms with Crippen molar-refractivity contribution in [2.75, 3.05) is 0 Å². The van der Waals surface area contributed by atoms with E-state index in [4.69, 9.17) is 23.4 Å². The highest BCUT2D eigenvalue weighted by Gasteiger charge is 2.50. The fraction of sp³-hybridized carbons (Fsp3) is 0.423. The lowest BCUT2D eigenvalue weighted by atomic mass is 10.00. The number of phenolic OH excluding ortho intramolecular Hbond substituents is 4. The average Bonchev–Trinajstić information content (AvgIpc) is 2.93. The molecule has 10 atom stereocenters. The molecule has 2 aliphatic heterocycles. The molecule has 41 heavy (non-hydrogen) atoms. The van der Waals surface area contributed by atoms with E-state index >= 15 is 0 Å². The van der Waals surface area contributed by atoms with Crippen LogP contribution in [-0.4, -0.2) is 113 Å². The summed E-state index contributed by atoms with van der Waals surface area (Å²) in [5.74, 6) is -2.05. The molecule has 0 amide bonds. The van der Waals surface area contributed by atoms with Crippen LogP contribution in [0.3, 0.4) is 0 Å². The first-order valence-electron chi connectivity index (χ1n) is 12.4. The van der Waals surface area contributed by atoms with Crippen LogP contribution in [0.1, 0.15) is 6.92 Å². The number of aromatic hydroxyl groups is 4. The van der Waals surface area contributed by atoms with E-state index in [9.17, 15) is 51.1 Å². The second kappa shape index (κ2) is 11.1. The maximum absolute atomic E-state index is 10.7. The monoisotopic (exact) mass is 581 g/mol. The Balaban J connectivity index is 1.49. The van der Waals surface area contributed by atoms with Crippen molar-refractivity contribution in [3.63, 3.8) is 0 Å². The number of fused-ring (bicyclic) bond motifs is 1. The standard InChI is InChI=1S/C26H28O15/c1-8-17(31)18(32)20(34)24(37-8)40-26-22(36)19(33)21(35)25(41-26)39-16-7-11-13(29)5-10(27)6-15(11)38-23(16)9-2-3-12(28)14(30)4-9/h2-8,17-22,24-26,31-36H,1H3,(H3-,27,28,29,30)/p+1/t8-,17-,18+,19-,20+,21-,22+,24-,25-,26+/m0/s1. The van der Waals surface area contributed by atoms with E-state index < -0.39 is 78.8 Å². The number of hydrogen-bond acceptors (Lipinski definition) is 14. The van der Waals surface area contributed by atoms with E-state index in [0.29, 0.717) is 0 Å². The van der Waals surface area contributed by atoms with Gasteiger partial charge in [0.2, 0.25) is 12.0 Å². The van der Waals surface area contributed by atoms with Crippen molar-refractivity contribution in [3.8, 4) is 40.1 Å². The zero-order chi connectivity index (χ0) is 29.7. The summed E-state index contributed by atoms with van der Waals surface area (Å²) in [6, 6.07) is 7.11. The molecule has 2 aliphatic rings. The summed E-state index contributed by atoms with van der Waals surface area (Å²) in [4.78, 5) is 0. The van der Waals surface area contributed by atoms with E-state index in [0.717, 1.165) is 18.2 Å². The number of aliphatic hydroxyl groups is 6. The third kappa shape index (κ3) is 5.42. The Labute approximate surface area is 230 Å². The van der Waals surface area contributed by atoms with Crippen LogP contribution < -0.4 is 4.74 Å². The SMILES string of the molecule is C[C@@H]1O[C@@H](O[C@@H]2O[C@H](Oc3cc4c(O)cc(O)cc4[o+]c3-c3ccc(O)c(O)c3)[C@@H](O)[C@H](O)[C@H]2O)[C@H](O)[C@H](O)[C@H]1O. The Bertz CT molecular complexity index is 1420. The molecule has 0 aliphatic carbocycles. The van der Waals surface area contributed by atoms with Crippen LogP contribution in [-0.2, 0) is 14.2 Å². The lowest BCUT2D eigenvalue weighted by Crippen LogP contribution is -2.63.